The van der Waals surface area contributed by atoms with Crippen molar-refractivity contribution >= 4 is 23.2 Å². The highest BCUT2D eigenvalue weighted by atomic mass is 35.5. The second-order valence-corrected chi connectivity index (χ2v) is 8.91. The molecule has 2 aromatic carbocycles. The van der Waals surface area contributed by atoms with Crippen LogP contribution in [0.25, 0.3) is 0 Å². The maximum absolute atomic E-state index is 14.3. The van der Waals surface area contributed by atoms with Gasteiger partial charge in [0.1, 0.15) is 5.82 Å². The Bertz CT molecular complexity index is 727. The lowest BCUT2D eigenvalue weighted by Gasteiger charge is -2.27. The van der Waals surface area contributed by atoms with Gasteiger partial charge in [-0.05, 0) is 58.6 Å². The Labute approximate surface area is 155 Å². The Morgan fingerprint density at radius 1 is 0.917 bits per heavy atom. The van der Waals surface area contributed by atoms with E-state index in [2.05, 4.69) is 46.8 Å². The van der Waals surface area contributed by atoms with Gasteiger partial charge in [0.15, 0.2) is 0 Å². The largest absolute Gasteiger partial charge is 0.207 e. The first-order chi connectivity index (χ1) is 11.0. The fourth-order valence-corrected chi connectivity index (χ4v) is 3.22. The molecular weight excluding hydrogens is 342 g/mol. The minimum Gasteiger partial charge on any atom is -0.207 e. The third-order valence-electron chi connectivity index (χ3n) is 4.59. The zero-order chi connectivity index (χ0) is 18.1. The summed E-state index contributed by atoms with van der Waals surface area (Å²) in [4.78, 5) is 0. The summed E-state index contributed by atoms with van der Waals surface area (Å²) in [6.07, 6.45) is 1.61. The van der Waals surface area contributed by atoms with Gasteiger partial charge in [0.2, 0.25) is 0 Å². The van der Waals surface area contributed by atoms with Crippen molar-refractivity contribution in [2.24, 2.45) is 0 Å². The van der Waals surface area contributed by atoms with Crippen LogP contribution in [0.15, 0.2) is 36.4 Å². The van der Waals surface area contributed by atoms with E-state index >= 15 is 0 Å². The van der Waals surface area contributed by atoms with Gasteiger partial charge < -0.3 is 0 Å². The van der Waals surface area contributed by atoms with Crippen LogP contribution in [0, 0.1) is 5.82 Å². The van der Waals surface area contributed by atoms with Gasteiger partial charge in [-0.2, -0.15) is 0 Å². The molecule has 24 heavy (non-hydrogen) atoms. The third kappa shape index (κ3) is 4.52. The molecule has 0 saturated heterocycles. The van der Waals surface area contributed by atoms with Crippen molar-refractivity contribution in [3.05, 3.63) is 69.0 Å². The van der Waals surface area contributed by atoms with E-state index in [-0.39, 0.29) is 16.6 Å². The van der Waals surface area contributed by atoms with Crippen LogP contribution >= 0.6 is 23.2 Å². The Morgan fingerprint density at radius 3 is 2.17 bits per heavy atom. The van der Waals surface area contributed by atoms with Crippen LogP contribution in [0.4, 0.5) is 4.39 Å². The van der Waals surface area contributed by atoms with Crippen LogP contribution in [-0.4, -0.2) is 0 Å². The number of aryl methyl sites for hydroxylation is 1. The van der Waals surface area contributed by atoms with Crippen LogP contribution in [0.1, 0.15) is 57.7 Å². The molecule has 0 spiro atoms. The van der Waals surface area contributed by atoms with Crippen molar-refractivity contribution in [2.45, 2.75) is 58.3 Å². The van der Waals surface area contributed by atoms with Crippen molar-refractivity contribution in [1.29, 1.82) is 0 Å². The zero-order valence-electron chi connectivity index (χ0n) is 15.0. The van der Waals surface area contributed by atoms with E-state index in [0.717, 1.165) is 23.4 Å². The molecule has 0 unspecified atom stereocenters. The lowest BCUT2D eigenvalue weighted by atomic mass is 9.78. The summed E-state index contributed by atoms with van der Waals surface area (Å²) < 4.78 is 14.3. The van der Waals surface area contributed by atoms with Gasteiger partial charge in [0, 0.05) is 10.0 Å². The summed E-state index contributed by atoms with van der Waals surface area (Å²) >= 11 is 12.2. The normalized spacial score (nSPS) is 12.5. The molecule has 3 heteroatoms. The van der Waals surface area contributed by atoms with Gasteiger partial charge in [0.05, 0.1) is 0 Å². The zero-order valence-corrected chi connectivity index (χ0v) is 16.5. The molecule has 0 aliphatic rings. The van der Waals surface area contributed by atoms with Crippen molar-refractivity contribution in [2.75, 3.05) is 0 Å². The maximum atomic E-state index is 14.3. The maximum Gasteiger partial charge on any atom is 0.128 e. The molecule has 0 aromatic heterocycles. The second-order valence-electron chi connectivity index (χ2n) is 8.06. The van der Waals surface area contributed by atoms with E-state index in [9.17, 15) is 4.39 Å². The number of benzene rings is 2. The monoisotopic (exact) mass is 366 g/mol. The average Bonchev–Trinajstić information content (AvgIpc) is 2.44. The molecule has 0 aliphatic heterocycles. The van der Waals surface area contributed by atoms with Crippen LogP contribution in [0.2, 0.25) is 10.0 Å². The molecule has 0 radical (unpaired) electrons. The van der Waals surface area contributed by atoms with Gasteiger partial charge in [-0.25, -0.2) is 4.39 Å². The molecule has 0 aliphatic carbocycles. The van der Waals surface area contributed by atoms with E-state index in [1.165, 1.54) is 11.6 Å². The smallest absolute Gasteiger partial charge is 0.128 e. The predicted molar refractivity (Wildman–Crippen MR) is 103 cm³/mol. The standard InChI is InChI=1S/C21H25Cl2F/c1-20(2,3)15-6-9-18(23)14(12-15)10-11-21(4,5)17-8-7-16(22)13-19(17)24/h6-9,12-13H,10-11H2,1-5H3. The predicted octanol–water partition coefficient (Wildman–Crippen LogP) is 7.34. The SMILES string of the molecule is CC(C)(C)c1ccc(Cl)c(CCC(C)(C)c2ccc(Cl)cc2F)c1. The molecule has 0 atom stereocenters. The quantitative estimate of drug-likeness (QED) is 0.530. The number of rotatable bonds is 4. The number of hydrogen-bond acceptors (Lipinski definition) is 0. The van der Waals surface area contributed by atoms with Crippen LogP contribution in [0.3, 0.4) is 0 Å². The van der Waals surface area contributed by atoms with Gasteiger partial charge in [-0.1, -0.05) is 76.0 Å². The minimum absolute atomic E-state index is 0.0805. The second kappa shape index (κ2) is 7.06. The molecule has 2 aromatic rings. The molecule has 130 valence electrons. The number of halogens is 3. The van der Waals surface area contributed by atoms with Crippen molar-refractivity contribution < 1.29 is 4.39 Å². The molecule has 0 nitrogen and oxygen atoms in total. The lowest BCUT2D eigenvalue weighted by molar-refractivity contribution is 0.450. The van der Waals surface area contributed by atoms with E-state index in [1.54, 1.807) is 12.1 Å². The molecule has 0 bridgehead atoms. The first-order valence-corrected chi connectivity index (χ1v) is 9.01. The van der Waals surface area contributed by atoms with Crippen LogP contribution < -0.4 is 0 Å². The van der Waals surface area contributed by atoms with Crippen molar-refractivity contribution in [3.63, 3.8) is 0 Å². The minimum atomic E-state index is -0.296. The Balaban J connectivity index is 2.23. The summed E-state index contributed by atoms with van der Waals surface area (Å²) in [6, 6.07) is 11.1. The fraction of sp³-hybridized carbons (Fsp3) is 0.429. The number of hydrogen-bond donors (Lipinski definition) is 0. The third-order valence-corrected chi connectivity index (χ3v) is 5.20. The topological polar surface area (TPSA) is 0 Å². The van der Waals surface area contributed by atoms with Gasteiger partial charge in [-0.3, -0.25) is 0 Å². The molecule has 0 saturated carbocycles. The summed E-state index contributed by atoms with van der Waals surface area (Å²) in [5, 5.41) is 1.20. The van der Waals surface area contributed by atoms with Crippen LogP contribution in [0.5, 0.6) is 0 Å². The molecule has 0 N–H and O–H groups in total. The van der Waals surface area contributed by atoms with E-state index in [4.69, 9.17) is 23.2 Å². The van der Waals surface area contributed by atoms with Gasteiger partial charge >= 0.3 is 0 Å². The van der Waals surface area contributed by atoms with E-state index in [0.29, 0.717) is 10.6 Å². The molecule has 0 fully saturated rings. The van der Waals surface area contributed by atoms with E-state index < -0.39 is 0 Å². The summed E-state index contributed by atoms with van der Waals surface area (Å²) in [5.74, 6) is -0.248. The van der Waals surface area contributed by atoms with Crippen molar-refractivity contribution in [1.82, 2.24) is 0 Å². The highest BCUT2D eigenvalue weighted by Crippen LogP contribution is 2.34. The van der Waals surface area contributed by atoms with Crippen molar-refractivity contribution in [3.8, 4) is 0 Å². The highest BCUT2D eigenvalue weighted by molar-refractivity contribution is 6.31. The van der Waals surface area contributed by atoms with E-state index in [1.807, 2.05) is 6.07 Å². The average molecular weight is 367 g/mol. The molecule has 2 rings (SSSR count). The summed E-state index contributed by atoms with van der Waals surface area (Å²) in [6.45, 7) is 10.7. The van der Waals surface area contributed by atoms with Crippen LogP contribution in [-0.2, 0) is 17.3 Å². The Kier molecular flexibility index (Phi) is 5.67. The Hall–Kier alpha value is -1.05. The fourth-order valence-electron chi connectivity index (χ4n) is 2.85. The highest BCUT2D eigenvalue weighted by Gasteiger charge is 2.25. The lowest BCUT2D eigenvalue weighted by Crippen LogP contribution is -2.20. The summed E-state index contributed by atoms with van der Waals surface area (Å²) in [5.41, 5.74) is 2.85. The molecular formula is C21H25Cl2F. The first kappa shape index (κ1) is 19.3. The molecule has 0 heterocycles. The summed E-state index contributed by atoms with van der Waals surface area (Å²) in [7, 11) is 0. The Morgan fingerprint density at radius 2 is 1.58 bits per heavy atom. The first-order valence-electron chi connectivity index (χ1n) is 8.25. The molecule has 0 amide bonds. The van der Waals surface area contributed by atoms with Gasteiger partial charge in [0.25, 0.3) is 0 Å². The van der Waals surface area contributed by atoms with Gasteiger partial charge in [-0.15, -0.1) is 0 Å².